The van der Waals surface area contributed by atoms with Gasteiger partial charge in [0.15, 0.2) is 5.69 Å². The lowest BCUT2D eigenvalue weighted by molar-refractivity contribution is 0.0996. The Balaban J connectivity index is 1.96. The third-order valence-corrected chi connectivity index (χ3v) is 4.28. The number of ether oxygens (including phenoxy) is 2. The second kappa shape index (κ2) is 7.40. The molecule has 3 rings (SSSR count). The first kappa shape index (κ1) is 17.0. The second-order valence-electron chi connectivity index (χ2n) is 5.78. The molecule has 1 fully saturated rings. The fourth-order valence-corrected chi connectivity index (χ4v) is 2.83. The van der Waals surface area contributed by atoms with Crippen LogP contribution in [0.25, 0.3) is 0 Å². The lowest BCUT2D eigenvalue weighted by atomic mass is 10.2. The molecule has 1 amide bonds. The van der Waals surface area contributed by atoms with E-state index in [4.69, 9.17) is 15.2 Å². The van der Waals surface area contributed by atoms with Gasteiger partial charge in [0.25, 0.3) is 5.91 Å². The van der Waals surface area contributed by atoms with E-state index in [-0.39, 0.29) is 5.69 Å². The molecule has 0 atom stereocenters. The molecule has 1 aliphatic rings. The third-order valence-electron chi connectivity index (χ3n) is 4.28. The van der Waals surface area contributed by atoms with Crippen molar-refractivity contribution in [2.45, 2.75) is 0 Å². The number of nitrogens with zero attached hydrogens (tertiary/aromatic N) is 3. The van der Waals surface area contributed by atoms with Crippen LogP contribution in [0.3, 0.4) is 0 Å². The molecular weight excluding hydrogens is 320 g/mol. The van der Waals surface area contributed by atoms with Crippen LogP contribution in [-0.2, 0) is 4.74 Å². The standard InChI is InChI=1S/C18H22N4O3/c1-21(13-3-5-15(24-2)6-4-13)16-11-14(12-20-17(16)18(19)23)22-7-9-25-10-8-22/h3-6,11-12H,7-10H2,1-2H3,(H2,19,23). The van der Waals surface area contributed by atoms with Crippen LogP contribution < -0.4 is 20.3 Å². The molecule has 25 heavy (non-hydrogen) atoms. The van der Waals surface area contributed by atoms with E-state index in [2.05, 4.69) is 9.88 Å². The van der Waals surface area contributed by atoms with Crippen LogP contribution in [0, 0.1) is 0 Å². The number of methoxy groups -OCH3 is 1. The van der Waals surface area contributed by atoms with Gasteiger partial charge in [-0.2, -0.15) is 0 Å². The fourth-order valence-electron chi connectivity index (χ4n) is 2.83. The predicted octanol–water partition coefficient (Wildman–Crippen LogP) is 1.79. The highest BCUT2D eigenvalue weighted by Crippen LogP contribution is 2.30. The number of carbonyl (C=O) groups is 1. The summed E-state index contributed by atoms with van der Waals surface area (Å²) in [5, 5.41) is 0. The maximum Gasteiger partial charge on any atom is 0.269 e. The summed E-state index contributed by atoms with van der Waals surface area (Å²) in [5.74, 6) is 0.219. The van der Waals surface area contributed by atoms with E-state index in [0.717, 1.165) is 30.2 Å². The Labute approximate surface area is 147 Å². The Bertz CT molecular complexity index is 742. The zero-order valence-corrected chi connectivity index (χ0v) is 14.4. The van der Waals surface area contributed by atoms with Crippen molar-refractivity contribution < 1.29 is 14.3 Å². The number of carbonyl (C=O) groups excluding carboxylic acids is 1. The first-order valence-electron chi connectivity index (χ1n) is 8.10. The molecule has 0 spiro atoms. The minimum atomic E-state index is -0.552. The van der Waals surface area contributed by atoms with Crippen molar-refractivity contribution in [1.82, 2.24) is 4.98 Å². The highest BCUT2D eigenvalue weighted by Gasteiger charge is 2.19. The van der Waals surface area contributed by atoms with Crippen LogP contribution >= 0.6 is 0 Å². The van der Waals surface area contributed by atoms with Gasteiger partial charge in [-0.05, 0) is 30.3 Å². The predicted molar refractivity (Wildman–Crippen MR) is 96.8 cm³/mol. The molecule has 7 nitrogen and oxygen atoms in total. The fraction of sp³-hybridized carbons (Fsp3) is 0.333. The van der Waals surface area contributed by atoms with E-state index in [1.54, 1.807) is 13.3 Å². The topological polar surface area (TPSA) is 80.9 Å². The first-order valence-corrected chi connectivity index (χ1v) is 8.10. The van der Waals surface area contributed by atoms with Crippen molar-refractivity contribution in [3.05, 3.63) is 42.2 Å². The Hall–Kier alpha value is -2.80. The molecule has 1 aromatic heterocycles. The SMILES string of the molecule is COc1ccc(N(C)c2cc(N3CCOCC3)cnc2C(N)=O)cc1. The summed E-state index contributed by atoms with van der Waals surface area (Å²) in [5.41, 5.74) is 8.29. The summed E-state index contributed by atoms with van der Waals surface area (Å²) < 4.78 is 10.6. The summed E-state index contributed by atoms with van der Waals surface area (Å²) in [7, 11) is 3.51. The van der Waals surface area contributed by atoms with Gasteiger partial charge in [-0.25, -0.2) is 4.98 Å². The number of morpholine rings is 1. The molecular formula is C18H22N4O3. The van der Waals surface area contributed by atoms with E-state index in [1.807, 2.05) is 42.3 Å². The summed E-state index contributed by atoms with van der Waals surface area (Å²) in [6, 6.07) is 9.53. The summed E-state index contributed by atoms with van der Waals surface area (Å²) in [6.45, 7) is 2.95. The maximum absolute atomic E-state index is 11.8. The third kappa shape index (κ3) is 3.66. The number of pyridine rings is 1. The van der Waals surface area contributed by atoms with Gasteiger partial charge in [0, 0.05) is 25.8 Å². The molecule has 0 unspecified atom stereocenters. The van der Waals surface area contributed by atoms with Crippen LogP contribution in [-0.4, -0.2) is 51.4 Å². The Morgan fingerprint density at radius 1 is 1.28 bits per heavy atom. The first-order chi connectivity index (χ1) is 12.1. The van der Waals surface area contributed by atoms with Crippen LogP contribution in [0.4, 0.5) is 17.1 Å². The van der Waals surface area contributed by atoms with Gasteiger partial charge in [0.1, 0.15) is 5.75 Å². The Morgan fingerprint density at radius 3 is 2.56 bits per heavy atom. The molecule has 1 aromatic carbocycles. The molecule has 2 heterocycles. The van der Waals surface area contributed by atoms with Crippen LogP contribution in [0.1, 0.15) is 10.5 Å². The largest absolute Gasteiger partial charge is 0.497 e. The van der Waals surface area contributed by atoms with Crippen LogP contribution in [0.15, 0.2) is 36.5 Å². The van der Waals surface area contributed by atoms with Crippen LogP contribution in [0.2, 0.25) is 0 Å². The van der Waals surface area contributed by atoms with Crippen molar-refractivity contribution in [1.29, 1.82) is 0 Å². The molecule has 0 radical (unpaired) electrons. The van der Waals surface area contributed by atoms with Gasteiger partial charge in [0.2, 0.25) is 0 Å². The number of amides is 1. The number of hydrogen-bond acceptors (Lipinski definition) is 6. The lowest BCUT2D eigenvalue weighted by Crippen LogP contribution is -2.36. The van der Waals surface area contributed by atoms with Crippen LogP contribution in [0.5, 0.6) is 5.75 Å². The summed E-state index contributed by atoms with van der Waals surface area (Å²) in [4.78, 5) is 20.2. The number of aromatic nitrogens is 1. The summed E-state index contributed by atoms with van der Waals surface area (Å²) >= 11 is 0. The van der Waals surface area contributed by atoms with E-state index < -0.39 is 5.91 Å². The average molecular weight is 342 g/mol. The van der Waals surface area contributed by atoms with Crippen molar-refractivity contribution in [2.24, 2.45) is 5.73 Å². The van der Waals surface area contributed by atoms with E-state index in [0.29, 0.717) is 18.9 Å². The highest BCUT2D eigenvalue weighted by molar-refractivity contribution is 5.98. The molecule has 1 aliphatic heterocycles. The van der Waals surface area contributed by atoms with Gasteiger partial charge in [-0.1, -0.05) is 0 Å². The monoisotopic (exact) mass is 342 g/mol. The normalized spacial score (nSPS) is 14.2. The zero-order valence-electron chi connectivity index (χ0n) is 14.4. The number of hydrogen-bond donors (Lipinski definition) is 1. The second-order valence-corrected chi connectivity index (χ2v) is 5.78. The molecule has 2 aromatic rings. The van der Waals surface area contributed by atoms with Crippen molar-refractivity contribution in [2.75, 3.05) is 50.3 Å². The highest BCUT2D eigenvalue weighted by atomic mass is 16.5. The number of nitrogens with two attached hydrogens (primary N) is 1. The summed E-state index contributed by atoms with van der Waals surface area (Å²) in [6.07, 6.45) is 1.69. The Morgan fingerprint density at radius 2 is 1.96 bits per heavy atom. The molecule has 7 heteroatoms. The minimum absolute atomic E-state index is 0.246. The van der Waals surface area contributed by atoms with Crippen molar-refractivity contribution in [3.63, 3.8) is 0 Å². The maximum atomic E-state index is 11.8. The lowest BCUT2D eigenvalue weighted by Gasteiger charge is -2.30. The quantitative estimate of drug-likeness (QED) is 0.892. The van der Waals surface area contributed by atoms with Gasteiger partial charge >= 0.3 is 0 Å². The number of anilines is 3. The zero-order chi connectivity index (χ0) is 17.8. The van der Waals surface area contributed by atoms with Gasteiger partial charge < -0.3 is 25.0 Å². The number of primary amides is 1. The number of benzene rings is 1. The van der Waals surface area contributed by atoms with Crippen molar-refractivity contribution >= 4 is 23.0 Å². The van der Waals surface area contributed by atoms with Gasteiger partial charge in [0.05, 0.1) is 37.9 Å². The molecule has 0 aliphatic carbocycles. The van der Waals surface area contributed by atoms with Gasteiger partial charge in [-0.3, -0.25) is 4.79 Å². The smallest absolute Gasteiger partial charge is 0.269 e. The van der Waals surface area contributed by atoms with Crippen molar-refractivity contribution in [3.8, 4) is 5.75 Å². The average Bonchev–Trinajstić information content (AvgIpc) is 2.67. The van der Waals surface area contributed by atoms with Gasteiger partial charge in [-0.15, -0.1) is 0 Å². The van der Waals surface area contributed by atoms with E-state index in [1.165, 1.54) is 0 Å². The number of rotatable bonds is 5. The Kier molecular flexibility index (Phi) is 5.04. The van der Waals surface area contributed by atoms with E-state index >= 15 is 0 Å². The molecule has 0 bridgehead atoms. The molecule has 1 saturated heterocycles. The molecule has 132 valence electrons. The molecule has 2 N–H and O–H groups in total. The molecule has 0 saturated carbocycles. The minimum Gasteiger partial charge on any atom is -0.497 e. The van der Waals surface area contributed by atoms with E-state index in [9.17, 15) is 4.79 Å².